The van der Waals surface area contributed by atoms with E-state index in [2.05, 4.69) is 10.2 Å². The summed E-state index contributed by atoms with van der Waals surface area (Å²) in [5.41, 5.74) is 4.07. The lowest BCUT2D eigenvalue weighted by atomic mass is 10.1. The first-order chi connectivity index (χ1) is 12.2. The van der Waals surface area contributed by atoms with Gasteiger partial charge in [-0.25, -0.2) is 9.37 Å². The zero-order valence-corrected chi connectivity index (χ0v) is 13.6. The minimum Gasteiger partial charge on any atom is -0.283 e. The van der Waals surface area contributed by atoms with Crippen molar-refractivity contribution in [1.29, 1.82) is 0 Å². The summed E-state index contributed by atoms with van der Waals surface area (Å²) in [5, 5.41) is 8.56. The summed E-state index contributed by atoms with van der Waals surface area (Å²) in [6, 6.07) is 19.9. The monoisotopic (exact) mass is 330 g/mol. The van der Waals surface area contributed by atoms with Crippen LogP contribution in [0.25, 0.3) is 16.9 Å². The number of hydrogen-bond donors (Lipinski definition) is 0. The number of nitrogens with zero attached hydrogens (tertiary/aromatic N) is 4. The van der Waals surface area contributed by atoms with Crippen LogP contribution >= 0.6 is 0 Å². The molecule has 0 saturated carbocycles. The highest BCUT2D eigenvalue weighted by atomic mass is 19.1. The van der Waals surface area contributed by atoms with E-state index in [1.807, 2.05) is 60.0 Å². The fourth-order valence-corrected chi connectivity index (χ4v) is 2.66. The van der Waals surface area contributed by atoms with Crippen molar-refractivity contribution >= 4 is 17.2 Å². The first kappa shape index (κ1) is 15.2. The van der Waals surface area contributed by atoms with Crippen LogP contribution in [0.5, 0.6) is 0 Å². The van der Waals surface area contributed by atoms with Crippen LogP contribution in [0.4, 0.5) is 15.9 Å². The Morgan fingerprint density at radius 2 is 1.76 bits per heavy atom. The highest BCUT2D eigenvalue weighted by molar-refractivity contribution is 5.74. The Labute approximate surface area is 144 Å². The van der Waals surface area contributed by atoms with Crippen molar-refractivity contribution in [3.05, 3.63) is 84.3 Å². The quantitative estimate of drug-likeness (QED) is 0.433. The predicted octanol–water partition coefficient (Wildman–Crippen LogP) is 5.86. The number of imidazole rings is 1. The van der Waals surface area contributed by atoms with Crippen molar-refractivity contribution < 1.29 is 4.39 Å². The maximum absolute atomic E-state index is 13.4. The first-order valence-corrected chi connectivity index (χ1v) is 7.92. The normalized spacial score (nSPS) is 11.4. The molecule has 0 aliphatic carbocycles. The van der Waals surface area contributed by atoms with Gasteiger partial charge in [-0.1, -0.05) is 36.4 Å². The summed E-state index contributed by atoms with van der Waals surface area (Å²) < 4.78 is 15.2. The average molecular weight is 330 g/mol. The molecule has 25 heavy (non-hydrogen) atoms. The van der Waals surface area contributed by atoms with Crippen LogP contribution in [-0.2, 0) is 0 Å². The van der Waals surface area contributed by atoms with Crippen molar-refractivity contribution in [3.63, 3.8) is 0 Å². The second-order valence-electron chi connectivity index (χ2n) is 5.76. The minimum absolute atomic E-state index is 0.339. The molecule has 5 heteroatoms. The number of azo groups is 1. The second-order valence-corrected chi connectivity index (χ2v) is 5.76. The molecule has 2 heterocycles. The molecule has 0 amide bonds. The number of rotatable bonds is 3. The first-order valence-electron chi connectivity index (χ1n) is 7.92. The van der Waals surface area contributed by atoms with Crippen LogP contribution in [0.15, 0.2) is 83.2 Å². The van der Waals surface area contributed by atoms with E-state index in [1.54, 1.807) is 12.1 Å². The Morgan fingerprint density at radius 1 is 0.920 bits per heavy atom. The largest absolute Gasteiger partial charge is 0.283 e. The molecule has 122 valence electrons. The van der Waals surface area contributed by atoms with E-state index in [4.69, 9.17) is 4.98 Å². The topological polar surface area (TPSA) is 42.0 Å². The summed E-state index contributed by atoms with van der Waals surface area (Å²) in [4.78, 5) is 4.71. The lowest BCUT2D eigenvalue weighted by molar-refractivity contribution is 0.628. The lowest BCUT2D eigenvalue weighted by Gasteiger charge is -2.00. The number of aryl methyl sites for hydroxylation is 1. The van der Waals surface area contributed by atoms with Crippen molar-refractivity contribution in [1.82, 2.24) is 9.38 Å². The van der Waals surface area contributed by atoms with Crippen molar-refractivity contribution in [3.8, 4) is 11.3 Å². The molecule has 2 aromatic carbocycles. The Bertz CT molecular complexity index is 1070. The van der Waals surface area contributed by atoms with Gasteiger partial charge >= 0.3 is 0 Å². The zero-order valence-electron chi connectivity index (χ0n) is 13.6. The third kappa shape index (κ3) is 3.04. The molecular formula is C20H15FN4. The fourth-order valence-electron chi connectivity index (χ4n) is 2.66. The van der Waals surface area contributed by atoms with Crippen LogP contribution in [0, 0.1) is 12.7 Å². The van der Waals surface area contributed by atoms with Crippen LogP contribution in [-0.4, -0.2) is 9.38 Å². The van der Waals surface area contributed by atoms with Gasteiger partial charge in [0.15, 0.2) is 5.82 Å². The number of aromatic nitrogens is 2. The van der Waals surface area contributed by atoms with E-state index >= 15 is 0 Å². The van der Waals surface area contributed by atoms with Gasteiger partial charge < -0.3 is 0 Å². The molecule has 0 aliphatic heterocycles. The van der Waals surface area contributed by atoms with E-state index < -0.39 is 0 Å². The third-order valence-corrected chi connectivity index (χ3v) is 3.87. The summed E-state index contributed by atoms with van der Waals surface area (Å²) in [6.45, 7) is 2.02. The standard InChI is InChI=1S/C20H15FN4/c1-14-10-11-25-18(12-14)22-19(15-6-3-2-4-7-15)20(25)24-23-17-9-5-8-16(21)13-17/h2-13H,1H3. The van der Waals surface area contributed by atoms with Gasteiger partial charge in [0, 0.05) is 17.8 Å². The smallest absolute Gasteiger partial charge is 0.187 e. The Morgan fingerprint density at radius 3 is 2.56 bits per heavy atom. The molecule has 2 aromatic heterocycles. The van der Waals surface area contributed by atoms with Gasteiger partial charge in [-0.05, 0) is 36.8 Å². The molecule has 0 N–H and O–H groups in total. The van der Waals surface area contributed by atoms with Crippen molar-refractivity contribution in [2.24, 2.45) is 10.2 Å². The highest BCUT2D eigenvalue weighted by Gasteiger charge is 2.13. The molecule has 0 radical (unpaired) electrons. The number of hydrogen-bond acceptors (Lipinski definition) is 3. The molecule has 0 bridgehead atoms. The SMILES string of the molecule is Cc1ccn2c(N=Nc3cccc(F)c3)c(-c3ccccc3)nc2c1. The molecule has 0 fully saturated rings. The van der Waals surface area contributed by atoms with E-state index in [0.29, 0.717) is 11.5 Å². The lowest BCUT2D eigenvalue weighted by Crippen LogP contribution is -1.84. The van der Waals surface area contributed by atoms with Crippen LogP contribution < -0.4 is 0 Å². The van der Waals surface area contributed by atoms with Gasteiger partial charge in [-0.15, -0.1) is 10.2 Å². The zero-order chi connectivity index (χ0) is 17.2. The van der Waals surface area contributed by atoms with Crippen LogP contribution in [0.2, 0.25) is 0 Å². The molecule has 4 rings (SSSR count). The van der Waals surface area contributed by atoms with Gasteiger partial charge in [0.05, 0.1) is 5.69 Å². The maximum atomic E-state index is 13.4. The fraction of sp³-hybridized carbons (Fsp3) is 0.0500. The molecule has 4 nitrogen and oxygen atoms in total. The molecular weight excluding hydrogens is 315 g/mol. The summed E-state index contributed by atoms with van der Waals surface area (Å²) in [5.74, 6) is 0.277. The number of benzene rings is 2. The van der Waals surface area contributed by atoms with Crippen LogP contribution in [0.1, 0.15) is 5.56 Å². The number of pyridine rings is 1. The van der Waals surface area contributed by atoms with Crippen molar-refractivity contribution in [2.75, 3.05) is 0 Å². The third-order valence-electron chi connectivity index (χ3n) is 3.87. The van der Waals surface area contributed by atoms with Gasteiger partial charge in [0.1, 0.15) is 17.2 Å². The van der Waals surface area contributed by atoms with Crippen molar-refractivity contribution in [2.45, 2.75) is 6.92 Å². The molecule has 0 saturated heterocycles. The molecule has 0 spiro atoms. The molecule has 0 atom stereocenters. The number of halogens is 1. The number of fused-ring (bicyclic) bond motifs is 1. The minimum atomic E-state index is -0.339. The van der Waals surface area contributed by atoms with Gasteiger partial charge in [-0.2, -0.15) is 0 Å². The maximum Gasteiger partial charge on any atom is 0.187 e. The second kappa shape index (κ2) is 6.28. The Balaban J connectivity index is 1.88. The predicted molar refractivity (Wildman–Crippen MR) is 95.9 cm³/mol. The van der Waals surface area contributed by atoms with Gasteiger partial charge in [0.25, 0.3) is 0 Å². The molecule has 0 aliphatic rings. The summed E-state index contributed by atoms with van der Waals surface area (Å²) in [6.07, 6.45) is 1.92. The summed E-state index contributed by atoms with van der Waals surface area (Å²) in [7, 11) is 0. The Kier molecular flexibility index (Phi) is 3.82. The summed E-state index contributed by atoms with van der Waals surface area (Å²) >= 11 is 0. The van der Waals surface area contributed by atoms with Gasteiger partial charge in [-0.3, -0.25) is 4.40 Å². The average Bonchev–Trinajstić information content (AvgIpc) is 2.98. The van der Waals surface area contributed by atoms with Gasteiger partial charge in [0.2, 0.25) is 0 Å². The molecule has 0 unspecified atom stereocenters. The Hall–Kier alpha value is -3.34. The highest BCUT2D eigenvalue weighted by Crippen LogP contribution is 2.32. The van der Waals surface area contributed by atoms with E-state index in [1.165, 1.54) is 12.1 Å². The molecule has 4 aromatic rings. The van der Waals surface area contributed by atoms with E-state index in [0.717, 1.165) is 22.5 Å². The van der Waals surface area contributed by atoms with E-state index in [9.17, 15) is 4.39 Å². The van der Waals surface area contributed by atoms with E-state index in [-0.39, 0.29) is 5.82 Å². The van der Waals surface area contributed by atoms with Crippen LogP contribution in [0.3, 0.4) is 0 Å².